The van der Waals surface area contributed by atoms with Crippen molar-refractivity contribution in [3.05, 3.63) is 123 Å². The minimum atomic E-state index is -0.844. The van der Waals surface area contributed by atoms with E-state index in [4.69, 9.17) is 16.2 Å². The first-order valence-corrected chi connectivity index (χ1v) is 14.7. The number of benzene rings is 3. The maximum atomic E-state index is 14.0. The Bertz CT molecular complexity index is 1470. The van der Waals surface area contributed by atoms with Gasteiger partial charge in [0.2, 0.25) is 17.7 Å². The minimum absolute atomic E-state index is 0.299. The first kappa shape index (κ1) is 30.5. The first-order chi connectivity index (χ1) is 20.4. The van der Waals surface area contributed by atoms with Gasteiger partial charge in [-0.1, -0.05) is 66.7 Å². The Morgan fingerprint density at radius 3 is 2.10 bits per heavy atom. The van der Waals surface area contributed by atoms with E-state index < -0.39 is 17.9 Å². The molecule has 42 heavy (non-hydrogen) atoms. The van der Waals surface area contributed by atoms with Crippen molar-refractivity contribution in [3.63, 3.8) is 0 Å². The van der Waals surface area contributed by atoms with E-state index in [0.29, 0.717) is 43.0 Å². The van der Waals surface area contributed by atoms with Gasteiger partial charge in [0, 0.05) is 24.4 Å². The summed E-state index contributed by atoms with van der Waals surface area (Å²) in [6, 6.07) is 25.5. The highest BCUT2D eigenvalue weighted by Crippen LogP contribution is 2.30. The second-order valence-electron chi connectivity index (χ2n) is 9.89. The van der Waals surface area contributed by atoms with Crippen LogP contribution in [0.3, 0.4) is 0 Å². The molecule has 1 heterocycles. The number of hydrogen-bond acceptors (Lipinski definition) is 6. The third-order valence-electron chi connectivity index (χ3n) is 6.91. The highest BCUT2D eigenvalue weighted by Gasteiger charge is 2.30. The van der Waals surface area contributed by atoms with Gasteiger partial charge >= 0.3 is 0 Å². The van der Waals surface area contributed by atoms with E-state index in [9.17, 15) is 14.4 Å². The largest absolute Gasteiger partial charge is 0.494 e. The molecule has 0 saturated carbocycles. The molecule has 0 radical (unpaired) electrons. The van der Waals surface area contributed by atoms with Gasteiger partial charge in [-0.3, -0.25) is 14.4 Å². The molecule has 0 fully saturated rings. The molecule has 0 unspecified atom stereocenters. The van der Waals surface area contributed by atoms with E-state index in [-0.39, 0.29) is 11.8 Å². The molecule has 1 aromatic heterocycles. The molecule has 2 atom stereocenters. The average molecular weight is 585 g/mol. The van der Waals surface area contributed by atoms with Gasteiger partial charge in [0.1, 0.15) is 11.8 Å². The number of nitrogens with one attached hydrogen (secondary N) is 2. The van der Waals surface area contributed by atoms with Crippen molar-refractivity contribution in [3.8, 4) is 5.75 Å². The number of amides is 3. The zero-order valence-corrected chi connectivity index (χ0v) is 24.4. The summed E-state index contributed by atoms with van der Waals surface area (Å²) in [7, 11) is 0. The van der Waals surface area contributed by atoms with E-state index in [2.05, 4.69) is 10.6 Å². The van der Waals surface area contributed by atoms with Crippen LogP contribution >= 0.6 is 11.3 Å². The van der Waals surface area contributed by atoms with Crippen molar-refractivity contribution < 1.29 is 19.1 Å². The summed E-state index contributed by atoms with van der Waals surface area (Å²) >= 11 is 1.30. The van der Waals surface area contributed by atoms with Gasteiger partial charge in [-0.15, -0.1) is 11.3 Å². The summed E-state index contributed by atoms with van der Waals surface area (Å²) in [5.74, 6) is -1.28. The molecule has 4 aromatic rings. The molecule has 9 heteroatoms. The lowest BCUT2D eigenvalue weighted by Gasteiger charge is -2.23. The molecule has 0 aliphatic rings. The minimum Gasteiger partial charge on any atom is -0.494 e. The third kappa shape index (κ3) is 8.28. The quantitative estimate of drug-likeness (QED) is 0.177. The molecule has 0 spiro atoms. The Kier molecular flexibility index (Phi) is 10.9. The van der Waals surface area contributed by atoms with E-state index in [1.165, 1.54) is 11.3 Å². The number of nitrogens with two attached hydrogens (primary N) is 2. The molecule has 3 amide bonds. The van der Waals surface area contributed by atoms with E-state index in [0.717, 1.165) is 28.0 Å². The number of primary amides is 1. The number of rotatable bonds is 14. The fourth-order valence-electron chi connectivity index (χ4n) is 4.66. The van der Waals surface area contributed by atoms with E-state index in [1.807, 2.05) is 85.8 Å². The van der Waals surface area contributed by atoms with Gasteiger partial charge in [-0.25, -0.2) is 0 Å². The summed E-state index contributed by atoms with van der Waals surface area (Å²) in [6.07, 6.45) is 0.611. The molecule has 4 rings (SSSR count). The number of thiophene rings is 1. The SMILES string of the molecule is CCOc1ccc(C[C@H](C(=O)N[C@@H](Cc2ccccc2)C(=O)NCc2ccc(CN)cc2)c2sccc2C(N)=O)cc1. The molecule has 6 N–H and O–H groups in total. The summed E-state index contributed by atoms with van der Waals surface area (Å²) in [4.78, 5) is 40.2. The molecule has 218 valence electrons. The monoisotopic (exact) mass is 584 g/mol. The molecule has 0 aliphatic heterocycles. The Balaban J connectivity index is 1.57. The van der Waals surface area contributed by atoms with Crippen LogP contribution in [-0.2, 0) is 35.5 Å². The zero-order chi connectivity index (χ0) is 29.9. The van der Waals surface area contributed by atoms with Crippen molar-refractivity contribution in [2.75, 3.05) is 6.61 Å². The Labute approximate surface area is 250 Å². The van der Waals surface area contributed by atoms with Crippen LogP contribution in [0.4, 0.5) is 0 Å². The highest BCUT2D eigenvalue weighted by molar-refractivity contribution is 7.10. The van der Waals surface area contributed by atoms with Gasteiger partial charge in [0.15, 0.2) is 0 Å². The maximum Gasteiger partial charge on any atom is 0.249 e. The van der Waals surface area contributed by atoms with E-state index >= 15 is 0 Å². The van der Waals surface area contributed by atoms with Crippen LogP contribution < -0.4 is 26.8 Å². The molecule has 0 bridgehead atoms. The van der Waals surface area contributed by atoms with Crippen LogP contribution in [0.25, 0.3) is 0 Å². The highest BCUT2D eigenvalue weighted by atomic mass is 32.1. The van der Waals surface area contributed by atoms with Crippen LogP contribution in [0, 0.1) is 0 Å². The Hall–Kier alpha value is -4.47. The van der Waals surface area contributed by atoms with Crippen LogP contribution in [0.15, 0.2) is 90.3 Å². The second kappa shape index (κ2) is 15.0. The summed E-state index contributed by atoms with van der Waals surface area (Å²) in [5, 5.41) is 7.70. The van der Waals surface area contributed by atoms with Gasteiger partial charge in [0.05, 0.1) is 18.1 Å². The fraction of sp³-hybridized carbons (Fsp3) is 0.242. The molecule has 3 aromatic carbocycles. The number of carbonyl (C=O) groups excluding carboxylic acids is 3. The summed E-state index contributed by atoms with van der Waals surface area (Å²) in [6.45, 7) is 3.20. The lowest BCUT2D eigenvalue weighted by molar-refractivity contribution is -0.129. The van der Waals surface area contributed by atoms with Crippen LogP contribution in [0.1, 0.15) is 50.3 Å². The number of ether oxygens (including phenoxy) is 1. The fourth-order valence-corrected chi connectivity index (χ4v) is 5.66. The van der Waals surface area contributed by atoms with Crippen molar-refractivity contribution in [2.24, 2.45) is 11.5 Å². The van der Waals surface area contributed by atoms with Crippen LogP contribution in [-0.4, -0.2) is 30.4 Å². The number of carbonyl (C=O) groups is 3. The second-order valence-corrected chi connectivity index (χ2v) is 10.8. The van der Waals surface area contributed by atoms with Gasteiger partial charge in [0.25, 0.3) is 0 Å². The standard InChI is InChI=1S/C33H36N4O4S/c1-2-41-26-14-12-23(13-15-26)18-28(30-27(31(35)38)16-17-42-30)32(39)37-29(19-22-6-4-3-5-7-22)33(40)36-21-25-10-8-24(20-34)9-11-25/h3-17,28-29H,2,18-21,34H2,1H3,(H2,35,38)(H,36,40)(H,37,39)/t28-,29-/m0/s1. The predicted molar refractivity (Wildman–Crippen MR) is 165 cm³/mol. The molecular formula is C33H36N4O4S. The summed E-state index contributed by atoms with van der Waals surface area (Å²) < 4.78 is 5.55. The topological polar surface area (TPSA) is 137 Å². The molecule has 0 saturated heterocycles. The molecular weight excluding hydrogens is 548 g/mol. The third-order valence-corrected chi connectivity index (χ3v) is 7.94. The van der Waals surface area contributed by atoms with Gasteiger partial charge < -0.3 is 26.8 Å². The van der Waals surface area contributed by atoms with E-state index in [1.54, 1.807) is 11.4 Å². The maximum absolute atomic E-state index is 14.0. The Morgan fingerprint density at radius 2 is 1.45 bits per heavy atom. The predicted octanol–water partition coefficient (Wildman–Crippen LogP) is 4.07. The lowest BCUT2D eigenvalue weighted by Crippen LogP contribution is -2.49. The van der Waals surface area contributed by atoms with Gasteiger partial charge in [-0.2, -0.15) is 0 Å². The average Bonchev–Trinajstić information content (AvgIpc) is 3.50. The van der Waals surface area contributed by atoms with Crippen molar-refractivity contribution in [1.29, 1.82) is 0 Å². The molecule has 0 aliphatic carbocycles. The van der Waals surface area contributed by atoms with Crippen LogP contribution in [0.5, 0.6) is 5.75 Å². The van der Waals surface area contributed by atoms with Crippen LogP contribution in [0.2, 0.25) is 0 Å². The first-order valence-electron chi connectivity index (χ1n) is 13.9. The molecule has 8 nitrogen and oxygen atoms in total. The lowest BCUT2D eigenvalue weighted by atomic mass is 9.93. The van der Waals surface area contributed by atoms with Crippen molar-refractivity contribution in [2.45, 2.75) is 44.8 Å². The normalized spacial score (nSPS) is 12.2. The Morgan fingerprint density at radius 1 is 0.810 bits per heavy atom. The zero-order valence-electron chi connectivity index (χ0n) is 23.5. The smallest absolute Gasteiger partial charge is 0.249 e. The number of hydrogen-bond donors (Lipinski definition) is 4. The van der Waals surface area contributed by atoms with Gasteiger partial charge in [-0.05, 0) is 59.2 Å². The van der Waals surface area contributed by atoms with Crippen molar-refractivity contribution >= 4 is 29.1 Å². The van der Waals surface area contributed by atoms with Crippen molar-refractivity contribution in [1.82, 2.24) is 10.6 Å². The summed E-state index contributed by atoms with van der Waals surface area (Å²) in [5.41, 5.74) is 15.4.